The van der Waals surface area contributed by atoms with Gasteiger partial charge >= 0.3 is 5.63 Å². The Morgan fingerprint density at radius 2 is 1.96 bits per heavy atom. The highest BCUT2D eigenvalue weighted by atomic mass is 16.5. The summed E-state index contributed by atoms with van der Waals surface area (Å²) in [7, 11) is 0. The molecule has 2 aromatic carbocycles. The van der Waals surface area contributed by atoms with Gasteiger partial charge in [0.2, 0.25) is 6.73 Å². The zero-order valence-corrected chi connectivity index (χ0v) is 13.7. The van der Waals surface area contributed by atoms with E-state index in [4.69, 9.17) is 9.15 Å². The Balaban J connectivity index is 1.61. The SMILES string of the molecule is Cc1cc(=O)oc2c3c(ccc12)OC[NH+](CCc1ccccc1)C3. The van der Waals surface area contributed by atoms with Gasteiger partial charge in [0.25, 0.3) is 0 Å². The lowest BCUT2D eigenvalue weighted by molar-refractivity contribution is -0.932. The van der Waals surface area contributed by atoms with Gasteiger partial charge in [0.1, 0.15) is 12.3 Å². The molecular weight excluding hydrogens is 302 g/mol. The van der Waals surface area contributed by atoms with E-state index in [2.05, 4.69) is 24.3 Å². The van der Waals surface area contributed by atoms with Crippen molar-refractivity contribution in [3.63, 3.8) is 0 Å². The van der Waals surface area contributed by atoms with E-state index in [9.17, 15) is 4.79 Å². The maximum Gasteiger partial charge on any atom is 0.336 e. The van der Waals surface area contributed by atoms with Crippen LogP contribution in [0.25, 0.3) is 11.0 Å². The second-order valence-corrected chi connectivity index (χ2v) is 6.37. The molecule has 0 bridgehead atoms. The fourth-order valence-corrected chi connectivity index (χ4v) is 3.33. The summed E-state index contributed by atoms with van der Waals surface area (Å²) in [6, 6.07) is 16.0. The summed E-state index contributed by atoms with van der Waals surface area (Å²) in [5, 5.41) is 0.987. The van der Waals surface area contributed by atoms with Crippen molar-refractivity contribution in [3.8, 4) is 5.75 Å². The van der Waals surface area contributed by atoms with Crippen molar-refractivity contribution < 1.29 is 14.1 Å². The van der Waals surface area contributed by atoms with Gasteiger partial charge in [-0.15, -0.1) is 0 Å². The fourth-order valence-electron chi connectivity index (χ4n) is 3.33. The van der Waals surface area contributed by atoms with E-state index in [1.165, 1.54) is 10.5 Å². The van der Waals surface area contributed by atoms with Crippen molar-refractivity contribution in [2.24, 2.45) is 0 Å². The molecule has 0 aliphatic carbocycles. The van der Waals surface area contributed by atoms with Crippen molar-refractivity contribution in [1.82, 2.24) is 0 Å². The third-order valence-electron chi connectivity index (χ3n) is 4.65. The number of benzene rings is 2. The van der Waals surface area contributed by atoms with Gasteiger partial charge in [-0.1, -0.05) is 30.3 Å². The minimum absolute atomic E-state index is 0.301. The van der Waals surface area contributed by atoms with Crippen LogP contribution >= 0.6 is 0 Å². The molecule has 0 fully saturated rings. The molecule has 1 aliphatic rings. The standard InChI is InChI=1S/C20H19NO3/c1-14-11-19(22)24-20-16(14)7-8-18-17(20)12-21(13-23-18)10-9-15-5-3-2-4-6-15/h2-8,11H,9-10,12-13H2,1H3/p+1. The van der Waals surface area contributed by atoms with Crippen LogP contribution in [-0.4, -0.2) is 13.3 Å². The Labute approximate surface area is 140 Å². The van der Waals surface area contributed by atoms with Crippen LogP contribution < -0.4 is 15.3 Å². The van der Waals surface area contributed by atoms with Gasteiger partial charge in [-0.2, -0.15) is 0 Å². The Morgan fingerprint density at radius 1 is 1.12 bits per heavy atom. The number of hydrogen-bond donors (Lipinski definition) is 1. The number of rotatable bonds is 3. The largest absolute Gasteiger partial charge is 0.445 e. The summed E-state index contributed by atoms with van der Waals surface area (Å²) in [5.74, 6) is 0.833. The average molecular weight is 322 g/mol. The van der Waals surface area contributed by atoms with Crippen LogP contribution in [0.1, 0.15) is 16.7 Å². The third-order valence-corrected chi connectivity index (χ3v) is 4.65. The minimum Gasteiger partial charge on any atom is -0.445 e. The lowest BCUT2D eigenvalue weighted by atomic mass is 10.0. The Kier molecular flexibility index (Phi) is 3.82. The first-order valence-corrected chi connectivity index (χ1v) is 8.27. The summed E-state index contributed by atoms with van der Waals surface area (Å²) in [4.78, 5) is 13.1. The summed E-state index contributed by atoms with van der Waals surface area (Å²) >= 11 is 0. The van der Waals surface area contributed by atoms with Gasteiger partial charge in [0.05, 0.1) is 12.1 Å². The molecule has 4 nitrogen and oxygen atoms in total. The summed E-state index contributed by atoms with van der Waals surface area (Å²) in [5.41, 5.74) is 3.65. The van der Waals surface area contributed by atoms with Crippen LogP contribution in [0.5, 0.6) is 5.75 Å². The van der Waals surface area contributed by atoms with Crippen molar-refractivity contribution in [2.45, 2.75) is 19.9 Å². The molecule has 122 valence electrons. The first-order chi connectivity index (χ1) is 11.7. The van der Waals surface area contributed by atoms with E-state index in [0.29, 0.717) is 12.3 Å². The molecule has 1 atom stereocenters. The quantitative estimate of drug-likeness (QED) is 0.751. The predicted molar refractivity (Wildman–Crippen MR) is 92.4 cm³/mol. The van der Waals surface area contributed by atoms with Gasteiger partial charge in [0.15, 0.2) is 5.58 Å². The number of fused-ring (bicyclic) bond motifs is 3. The monoisotopic (exact) mass is 322 g/mol. The minimum atomic E-state index is -0.301. The van der Waals surface area contributed by atoms with E-state index in [1.807, 2.05) is 25.1 Å². The summed E-state index contributed by atoms with van der Waals surface area (Å²) < 4.78 is 11.4. The molecule has 0 saturated carbocycles. The van der Waals surface area contributed by atoms with Crippen LogP contribution in [0.2, 0.25) is 0 Å². The molecule has 0 radical (unpaired) electrons. The summed E-state index contributed by atoms with van der Waals surface area (Å²) in [6.45, 7) is 4.37. The van der Waals surface area contributed by atoms with Crippen LogP contribution in [0.15, 0.2) is 57.7 Å². The maximum absolute atomic E-state index is 11.8. The smallest absolute Gasteiger partial charge is 0.336 e. The molecule has 2 heterocycles. The predicted octanol–water partition coefficient (Wildman–Crippen LogP) is 2.08. The van der Waals surface area contributed by atoms with Crippen molar-refractivity contribution >= 4 is 11.0 Å². The van der Waals surface area contributed by atoms with Crippen LogP contribution in [0.3, 0.4) is 0 Å². The van der Waals surface area contributed by atoms with Crippen molar-refractivity contribution in [3.05, 3.63) is 75.6 Å². The van der Waals surface area contributed by atoms with Crippen LogP contribution in [0.4, 0.5) is 0 Å². The molecule has 24 heavy (non-hydrogen) atoms. The lowest BCUT2D eigenvalue weighted by Crippen LogP contribution is -3.12. The van der Waals surface area contributed by atoms with Crippen LogP contribution in [0, 0.1) is 6.92 Å². The molecular formula is C20H20NO3+. The highest BCUT2D eigenvalue weighted by Crippen LogP contribution is 2.29. The number of nitrogens with one attached hydrogen (secondary N) is 1. The van der Waals surface area contributed by atoms with Gasteiger partial charge in [-0.05, 0) is 30.2 Å². The van der Waals surface area contributed by atoms with Gasteiger partial charge < -0.3 is 9.15 Å². The molecule has 1 aliphatic heterocycles. The van der Waals surface area contributed by atoms with E-state index in [0.717, 1.165) is 41.8 Å². The third kappa shape index (κ3) is 2.81. The Hall–Kier alpha value is -2.59. The van der Waals surface area contributed by atoms with E-state index >= 15 is 0 Å². The second-order valence-electron chi connectivity index (χ2n) is 6.37. The van der Waals surface area contributed by atoms with Gasteiger partial charge in [-0.3, -0.25) is 4.90 Å². The molecule has 0 amide bonds. The van der Waals surface area contributed by atoms with E-state index in [1.54, 1.807) is 6.07 Å². The number of quaternary nitrogens is 1. The van der Waals surface area contributed by atoms with Gasteiger partial charge in [-0.25, -0.2) is 4.79 Å². The molecule has 1 N–H and O–H groups in total. The second kappa shape index (κ2) is 6.13. The number of ether oxygens (including phenoxy) is 1. The summed E-state index contributed by atoms with van der Waals surface area (Å²) in [6.07, 6.45) is 1.00. The molecule has 0 saturated heterocycles. The fraction of sp³-hybridized carbons (Fsp3) is 0.250. The molecule has 1 unspecified atom stereocenters. The van der Waals surface area contributed by atoms with Crippen molar-refractivity contribution in [1.29, 1.82) is 0 Å². The van der Waals surface area contributed by atoms with Gasteiger partial charge in [0, 0.05) is 17.9 Å². The molecule has 3 aromatic rings. The van der Waals surface area contributed by atoms with E-state index in [-0.39, 0.29) is 5.63 Å². The van der Waals surface area contributed by atoms with Crippen LogP contribution in [-0.2, 0) is 13.0 Å². The molecule has 4 rings (SSSR count). The first-order valence-electron chi connectivity index (χ1n) is 8.27. The molecule has 4 heteroatoms. The normalized spacial score (nSPS) is 16.6. The zero-order chi connectivity index (χ0) is 16.5. The topological polar surface area (TPSA) is 43.9 Å². The number of aryl methyl sites for hydroxylation is 1. The molecule has 1 aromatic heterocycles. The highest BCUT2D eigenvalue weighted by molar-refractivity contribution is 5.84. The maximum atomic E-state index is 11.8. The first kappa shape index (κ1) is 15.0. The Morgan fingerprint density at radius 3 is 2.79 bits per heavy atom. The zero-order valence-electron chi connectivity index (χ0n) is 13.7. The number of hydrogen-bond acceptors (Lipinski definition) is 3. The lowest BCUT2D eigenvalue weighted by Gasteiger charge is -2.26. The molecule has 0 spiro atoms. The average Bonchev–Trinajstić information content (AvgIpc) is 2.60. The Bertz CT molecular complexity index is 931. The highest BCUT2D eigenvalue weighted by Gasteiger charge is 2.24. The van der Waals surface area contributed by atoms with E-state index < -0.39 is 0 Å². The van der Waals surface area contributed by atoms with Crippen molar-refractivity contribution in [2.75, 3.05) is 13.3 Å².